The van der Waals surface area contributed by atoms with Gasteiger partial charge in [0.25, 0.3) is 5.91 Å². The maximum Gasteiger partial charge on any atom is 0.278 e. The lowest BCUT2D eigenvalue weighted by Crippen LogP contribution is -2.15. The second-order valence-electron chi connectivity index (χ2n) is 3.23. The molecular formula is C9H10N6O2. The first-order chi connectivity index (χ1) is 8.19. The van der Waals surface area contributed by atoms with Crippen LogP contribution >= 0.6 is 0 Å². The molecule has 88 valence electrons. The van der Waals surface area contributed by atoms with E-state index < -0.39 is 5.91 Å². The molecule has 1 amide bonds. The summed E-state index contributed by atoms with van der Waals surface area (Å²) in [6.45, 7) is 1.75. The Hall–Kier alpha value is -2.48. The third-order valence-corrected chi connectivity index (χ3v) is 1.91. The van der Waals surface area contributed by atoms with E-state index in [2.05, 4.69) is 26.1 Å². The quantitative estimate of drug-likeness (QED) is 0.516. The summed E-state index contributed by atoms with van der Waals surface area (Å²) < 4.78 is 4.84. The number of nitrogen functional groups attached to an aromatic ring is 1. The van der Waals surface area contributed by atoms with Crippen molar-refractivity contribution in [1.29, 1.82) is 0 Å². The lowest BCUT2D eigenvalue weighted by molar-refractivity contribution is 0.101. The van der Waals surface area contributed by atoms with Crippen molar-refractivity contribution in [2.45, 2.75) is 6.92 Å². The van der Waals surface area contributed by atoms with Gasteiger partial charge < -0.3 is 9.95 Å². The second kappa shape index (κ2) is 4.58. The standard InChI is InChI=1S/C9H10N6O2/c1-5-4-8(17-15-5)11-9(16)6-2-3-7(12-10)14-13-6/h2-4H,10H2,1H3,(H,11,16)(H,12,14). The lowest BCUT2D eigenvalue weighted by Gasteiger charge is -2.00. The Morgan fingerprint density at radius 2 is 2.24 bits per heavy atom. The van der Waals surface area contributed by atoms with Crippen molar-refractivity contribution in [2.24, 2.45) is 5.84 Å². The number of amides is 1. The van der Waals surface area contributed by atoms with Crippen LogP contribution < -0.4 is 16.6 Å². The van der Waals surface area contributed by atoms with Crippen molar-refractivity contribution in [3.8, 4) is 0 Å². The number of hydrogen-bond acceptors (Lipinski definition) is 7. The van der Waals surface area contributed by atoms with Gasteiger partial charge in [-0.25, -0.2) is 5.84 Å². The molecule has 2 rings (SSSR count). The Labute approximate surface area is 96.2 Å². The smallest absolute Gasteiger partial charge is 0.278 e. The summed E-state index contributed by atoms with van der Waals surface area (Å²) in [6.07, 6.45) is 0. The molecule has 0 saturated carbocycles. The van der Waals surface area contributed by atoms with E-state index in [0.29, 0.717) is 11.5 Å². The molecule has 0 unspecified atom stereocenters. The Bertz CT molecular complexity index is 521. The molecule has 0 bridgehead atoms. The van der Waals surface area contributed by atoms with Crippen LogP contribution in [0.15, 0.2) is 22.7 Å². The van der Waals surface area contributed by atoms with Crippen molar-refractivity contribution in [3.63, 3.8) is 0 Å². The van der Waals surface area contributed by atoms with Gasteiger partial charge in [-0.1, -0.05) is 5.16 Å². The van der Waals surface area contributed by atoms with Gasteiger partial charge in [0, 0.05) is 6.07 Å². The summed E-state index contributed by atoms with van der Waals surface area (Å²) in [6, 6.07) is 4.62. The van der Waals surface area contributed by atoms with Crippen LogP contribution in [0.25, 0.3) is 0 Å². The number of aromatic nitrogens is 3. The van der Waals surface area contributed by atoms with Crippen LogP contribution in [0.1, 0.15) is 16.2 Å². The summed E-state index contributed by atoms with van der Waals surface area (Å²) in [7, 11) is 0. The van der Waals surface area contributed by atoms with Crippen LogP contribution in [0.2, 0.25) is 0 Å². The number of aryl methyl sites for hydroxylation is 1. The number of hydrogen-bond donors (Lipinski definition) is 3. The first kappa shape index (κ1) is 11.0. The highest BCUT2D eigenvalue weighted by Gasteiger charge is 2.10. The molecule has 8 heteroatoms. The Morgan fingerprint density at radius 3 is 2.76 bits per heavy atom. The zero-order chi connectivity index (χ0) is 12.3. The molecule has 2 aromatic heterocycles. The summed E-state index contributed by atoms with van der Waals surface area (Å²) in [5, 5.41) is 13.5. The van der Waals surface area contributed by atoms with Crippen molar-refractivity contribution in [2.75, 3.05) is 10.7 Å². The molecule has 0 aromatic carbocycles. The second-order valence-corrected chi connectivity index (χ2v) is 3.23. The third-order valence-electron chi connectivity index (χ3n) is 1.91. The molecule has 0 aliphatic heterocycles. The largest absolute Gasteiger partial charge is 0.338 e. The summed E-state index contributed by atoms with van der Waals surface area (Å²) >= 11 is 0. The predicted molar refractivity (Wildman–Crippen MR) is 59.0 cm³/mol. The van der Waals surface area contributed by atoms with E-state index in [1.54, 1.807) is 13.0 Å². The molecule has 0 fully saturated rings. The highest BCUT2D eigenvalue weighted by molar-refractivity contribution is 6.01. The fourth-order valence-electron chi connectivity index (χ4n) is 1.13. The first-order valence-electron chi connectivity index (χ1n) is 4.74. The van der Waals surface area contributed by atoms with Crippen LogP contribution in [0.3, 0.4) is 0 Å². The zero-order valence-electron chi connectivity index (χ0n) is 8.97. The summed E-state index contributed by atoms with van der Waals surface area (Å²) in [5.74, 6) is 5.32. The van der Waals surface area contributed by atoms with Crippen molar-refractivity contribution in [3.05, 3.63) is 29.6 Å². The molecule has 0 aliphatic rings. The van der Waals surface area contributed by atoms with Crippen LogP contribution in [0.4, 0.5) is 11.7 Å². The van der Waals surface area contributed by atoms with Crippen molar-refractivity contribution >= 4 is 17.6 Å². The number of carbonyl (C=O) groups is 1. The number of carbonyl (C=O) groups excluding carboxylic acids is 1. The van der Waals surface area contributed by atoms with E-state index in [4.69, 9.17) is 10.4 Å². The lowest BCUT2D eigenvalue weighted by atomic mass is 10.3. The van der Waals surface area contributed by atoms with Crippen LogP contribution in [0.5, 0.6) is 0 Å². The van der Waals surface area contributed by atoms with E-state index in [1.165, 1.54) is 12.1 Å². The van der Waals surface area contributed by atoms with Gasteiger partial charge >= 0.3 is 0 Å². The molecule has 17 heavy (non-hydrogen) atoms. The van der Waals surface area contributed by atoms with Crippen LogP contribution in [-0.4, -0.2) is 21.3 Å². The minimum absolute atomic E-state index is 0.151. The predicted octanol–water partition coefficient (Wildman–Crippen LogP) is 0.311. The van der Waals surface area contributed by atoms with E-state index >= 15 is 0 Å². The highest BCUT2D eigenvalue weighted by atomic mass is 16.5. The molecule has 0 radical (unpaired) electrons. The normalized spacial score (nSPS) is 10.0. The Kier molecular flexibility index (Phi) is 2.97. The van der Waals surface area contributed by atoms with E-state index in [-0.39, 0.29) is 11.6 Å². The number of nitrogens with one attached hydrogen (secondary N) is 2. The van der Waals surface area contributed by atoms with Gasteiger partial charge in [-0.3, -0.25) is 10.1 Å². The summed E-state index contributed by atoms with van der Waals surface area (Å²) in [5.41, 5.74) is 3.14. The SMILES string of the molecule is Cc1cc(NC(=O)c2ccc(NN)nn2)on1. The maximum absolute atomic E-state index is 11.7. The van der Waals surface area contributed by atoms with Gasteiger partial charge in [0.2, 0.25) is 5.88 Å². The number of anilines is 2. The molecule has 0 spiro atoms. The molecule has 2 heterocycles. The van der Waals surface area contributed by atoms with E-state index in [0.717, 1.165) is 0 Å². The average molecular weight is 234 g/mol. The van der Waals surface area contributed by atoms with Gasteiger partial charge in [0.1, 0.15) is 0 Å². The van der Waals surface area contributed by atoms with Crippen LogP contribution in [0, 0.1) is 6.92 Å². The number of nitrogens with two attached hydrogens (primary N) is 1. The topological polar surface area (TPSA) is 119 Å². The highest BCUT2D eigenvalue weighted by Crippen LogP contribution is 2.10. The molecule has 4 N–H and O–H groups in total. The molecule has 0 saturated heterocycles. The summed E-state index contributed by atoms with van der Waals surface area (Å²) in [4.78, 5) is 11.7. The van der Waals surface area contributed by atoms with Crippen LogP contribution in [-0.2, 0) is 0 Å². The van der Waals surface area contributed by atoms with Crippen molar-refractivity contribution < 1.29 is 9.32 Å². The zero-order valence-corrected chi connectivity index (χ0v) is 8.97. The van der Waals surface area contributed by atoms with Gasteiger partial charge in [-0.05, 0) is 19.1 Å². The average Bonchev–Trinajstić information content (AvgIpc) is 2.75. The minimum Gasteiger partial charge on any atom is -0.338 e. The minimum atomic E-state index is -0.433. The third kappa shape index (κ3) is 2.55. The maximum atomic E-state index is 11.7. The number of hydrazine groups is 1. The number of nitrogens with zero attached hydrogens (tertiary/aromatic N) is 3. The molecule has 8 nitrogen and oxygen atoms in total. The molecular weight excluding hydrogens is 224 g/mol. The van der Waals surface area contributed by atoms with E-state index in [9.17, 15) is 4.79 Å². The molecule has 0 atom stereocenters. The van der Waals surface area contributed by atoms with Gasteiger partial charge in [-0.15, -0.1) is 10.2 Å². The monoisotopic (exact) mass is 234 g/mol. The molecule has 2 aromatic rings. The first-order valence-corrected chi connectivity index (χ1v) is 4.74. The fourth-order valence-corrected chi connectivity index (χ4v) is 1.13. The molecule has 0 aliphatic carbocycles. The van der Waals surface area contributed by atoms with Gasteiger partial charge in [0.05, 0.1) is 5.69 Å². The Balaban J connectivity index is 2.09. The van der Waals surface area contributed by atoms with Gasteiger partial charge in [-0.2, -0.15) is 0 Å². The fraction of sp³-hybridized carbons (Fsp3) is 0.111. The number of rotatable bonds is 3. The van der Waals surface area contributed by atoms with Crippen molar-refractivity contribution in [1.82, 2.24) is 15.4 Å². The Morgan fingerprint density at radius 1 is 1.41 bits per heavy atom. The van der Waals surface area contributed by atoms with Gasteiger partial charge in [0.15, 0.2) is 11.5 Å². The van der Waals surface area contributed by atoms with E-state index in [1.807, 2.05) is 0 Å².